The molecular formula is C16H37NO3. The van der Waals surface area contributed by atoms with Gasteiger partial charge in [0, 0.05) is 6.42 Å². The molecule has 0 aliphatic carbocycles. The van der Waals surface area contributed by atoms with E-state index in [-0.39, 0.29) is 13.0 Å². The molecule has 2 atom stereocenters. The SMILES string of the molecule is C=CCC.CC.CC(C)C.CNC(CO)C(O)CC=O. The van der Waals surface area contributed by atoms with Crippen molar-refractivity contribution < 1.29 is 15.0 Å². The number of hydrogen-bond acceptors (Lipinski definition) is 4. The second-order valence-corrected chi connectivity index (χ2v) is 4.48. The molecule has 20 heavy (non-hydrogen) atoms. The van der Waals surface area contributed by atoms with Crippen molar-refractivity contribution in [2.45, 2.75) is 66.5 Å². The normalized spacial score (nSPS) is 11.5. The van der Waals surface area contributed by atoms with E-state index in [1.54, 1.807) is 7.05 Å². The maximum atomic E-state index is 9.88. The topological polar surface area (TPSA) is 69.6 Å². The lowest BCUT2D eigenvalue weighted by molar-refractivity contribution is -0.110. The van der Waals surface area contributed by atoms with E-state index in [9.17, 15) is 4.79 Å². The molecule has 124 valence electrons. The van der Waals surface area contributed by atoms with Crippen LogP contribution in [0.1, 0.15) is 54.4 Å². The number of likely N-dealkylation sites (N-methyl/N-ethyl adjacent to an activating group) is 1. The Hall–Kier alpha value is -0.710. The van der Waals surface area contributed by atoms with Crippen LogP contribution in [0.25, 0.3) is 0 Å². The van der Waals surface area contributed by atoms with Gasteiger partial charge in [0.25, 0.3) is 0 Å². The van der Waals surface area contributed by atoms with Crippen molar-refractivity contribution in [3.8, 4) is 0 Å². The van der Waals surface area contributed by atoms with Crippen LogP contribution in [0.4, 0.5) is 0 Å². The number of aldehydes is 1. The van der Waals surface area contributed by atoms with Crippen LogP contribution in [0.5, 0.6) is 0 Å². The predicted molar refractivity (Wildman–Crippen MR) is 89.0 cm³/mol. The van der Waals surface area contributed by atoms with Crippen LogP contribution < -0.4 is 5.32 Å². The van der Waals surface area contributed by atoms with Gasteiger partial charge in [0.15, 0.2) is 0 Å². The number of aliphatic hydroxyl groups is 2. The molecule has 4 nitrogen and oxygen atoms in total. The van der Waals surface area contributed by atoms with Crippen molar-refractivity contribution in [2.24, 2.45) is 5.92 Å². The summed E-state index contributed by atoms with van der Waals surface area (Å²) >= 11 is 0. The van der Waals surface area contributed by atoms with Crippen molar-refractivity contribution in [3.05, 3.63) is 12.7 Å². The summed E-state index contributed by atoms with van der Waals surface area (Å²) < 4.78 is 0. The van der Waals surface area contributed by atoms with Crippen molar-refractivity contribution >= 4 is 6.29 Å². The van der Waals surface area contributed by atoms with Gasteiger partial charge in [0.1, 0.15) is 6.29 Å². The highest BCUT2D eigenvalue weighted by Crippen LogP contribution is 1.94. The molecule has 0 rings (SSSR count). The standard InChI is InChI=1S/C6H13NO3.C4H10.C4H8.C2H6/c1-7-5(4-9)6(10)2-3-8;1-4(2)3;1-3-4-2;1-2/h3,5-7,9-10H,2,4H2,1H3;4H,1-3H3;3H,1,4H2,2H3;1-2H3. The third-order valence-electron chi connectivity index (χ3n) is 1.66. The molecule has 0 saturated carbocycles. The quantitative estimate of drug-likeness (QED) is 0.520. The summed E-state index contributed by atoms with van der Waals surface area (Å²) in [7, 11) is 1.62. The molecule has 4 heteroatoms. The molecule has 0 aromatic carbocycles. The average molecular weight is 291 g/mol. The van der Waals surface area contributed by atoms with Gasteiger partial charge in [-0.3, -0.25) is 0 Å². The highest BCUT2D eigenvalue weighted by atomic mass is 16.3. The lowest BCUT2D eigenvalue weighted by Crippen LogP contribution is -2.40. The lowest BCUT2D eigenvalue weighted by Gasteiger charge is -2.17. The van der Waals surface area contributed by atoms with Crippen LogP contribution in [-0.4, -0.2) is 42.3 Å². The summed E-state index contributed by atoms with van der Waals surface area (Å²) in [5.41, 5.74) is 0. The zero-order chi connectivity index (χ0) is 17.0. The van der Waals surface area contributed by atoms with E-state index in [2.05, 4.69) is 39.6 Å². The summed E-state index contributed by atoms with van der Waals surface area (Å²) in [4.78, 5) is 9.88. The molecule has 0 radical (unpaired) electrons. The van der Waals surface area contributed by atoms with Gasteiger partial charge in [-0.25, -0.2) is 0 Å². The fourth-order valence-corrected chi connectivity index (χ4v) is 0.668. The van der Waals surface area contributed by atoms with Crippen LogP contribution in [-0.2, 0) is 4.79 Å². The summed E-state index contributed by atoms with van der Waals surface area (Å²) in [6.45, 7) is 15.9. The second-order valence-electron chi connectivity index (χ2n) is 4.48. The van der Waals surface area contributed by atoms with Crippen LogP contribution in [0.15, 0.2) is 12.7 Å². The average Bonchev–Trinajstić information content (AvgIpc) is 2.42. The Morgan fingerprint density at radius 2 is 1.60 bits per heavy atom. The van der Waals surface area contributed by atoms with Crippen molar-refractivity contribution in [3.63, 3.8) is 0 Å². The molecule has 0 bridgehead atoms. The predicted octanol–water partition coefficient (Wildman–Crippen LogP) is 2.79. The number of carbonyl (C=O) groups is 1. The maximum absolute atomic E-state index is 9.88. The summed E-state index contributed by atoms with van der Waals surface area (Å²) in [5, 5.41) is 20.3. The van der Waals surface area contributed by atoms with Gasteiger partial charge in [0.2, 0.25) is 0 Å². The molecule has 0 saturated heterocycles. The van der Waals surface area contributed by atoms with Gasteiger partial charge in [-0.1, -0.05) is 47.6 Å². The third-order valence-corrected chi connectivity index (χ3v) is 1.66. The lowest BCUT2D eigenvalue weighted by atomic mass is 10.1. The van der Waals surface area contributed by atoms with Crippen molar-refractivity contribution in [1.82, 2.24) is 5.32 Å². The number of rotatable bonds is 6. The first-order valence-electron chi connectivity index (χ1n) is 7.41. The molecule has 2 unspecified atom stereocenters. The molecule has 0 aromatic rings. The smallest absolute Gasteiger partial charge is 0.122 e. The Labute approximate surface area is 126 Å². The summed E-state index contributed by atoms with van der Waals surface area (Å²) in [6, 6.07) is -0.398. The zero-order valence-electron chi connectivity index (χ0n) is 14.5. The highest BCUT2D eigenvalue weighted by molar-refractivity contribution is 5.50. The number of allylic oxidation sites excluding steroid dienone is 1. The van der Waals surface area contributed by atoms with Crippen LogP contribution >= 0.6 is 0 Å². The molecule has 3 N–H and O–H groups in total. The Balaban J connectivity index is -0.000000106. The molecule has 0 amide bonds. The second kappa shape index (κ2) is 26.8. The number of hydrogen-bond donors (Lipinski definition) is 3. The first-order chi connectivity index (χ1) is 9.40. The molecule has 0 aromatic heterocycles. The van der Waals surface area contributed by atoms with Crippen molar-refractivity contribution in [2.75, 3.05) is 13.7 Å². The van der Waals surface area contributed by atoms with E-state index in [0.717, 1.165) is 12.3 Å². The molecule has 0 heterocycles. The van der Waals surface area contributed by atoms with E-state index in [1.807, 2.05) is 19.9 Å². The maximum Gasteiger partial charge on any atom is 0.122 e. The van der Waals surface area contributed by atoms with Gasteiger partial charge in [-0.15, -0.1) is 6.58 Å². The van der Waals surface area contributed by atoms with E-state index in [4.69, 9.17) is 10.2 Å². The number of carbonyl (C=O) groups excluding carboxylic acids is 1. The molecule has 0 aliphatic rings. The minimum Gasteiger partial charge on any atom is -0.395 e. The van der Waals surface area contributed by atoms with E-state index in [1.165, 1.54) is 0 Å². The highest BCUT2D eigenvalue weighted by Gasteiger charge is 2.14. The van der Waals surface area contributed by atoms with Gasteiger partial charge < -0.3 is 20.3 Å². The van der Waals surface area contributed by atoms with E-state index >= 15 is 0 Å². The fourth-order valence-electron chi connectivity index (χ4n) is 0.668. The van der Waals surface area contributed by atoms with Crippen LogP contribution in [0.3, 0.4) is 0 Å². The van der Waals surface area contributed by atoms with Crippen molar-refractivity contribution in [1.29, 1.82) is 0 Å². The number of aliphatic hydroxyl groups excluding tert-OH is 2. The largest absolute Gasteiger partial charge is 0.395 e. The Bertz CT molecular complexity index is 166. The monoisotopic (exact) mass is 291 g/mol. The molecule has 0 fully saturated rings. The molecular weight excluding hydrogens is 254 g/mol. The van der Waals surface area contributed by atoms with Gasteiger partial charge in [-0.2, -0.15) is 0 Å². The fraction of sp³-hybridized carbons (Fsp3) is 0.812. The Kier molecular flexibility index (Phi) is 37.0. The van der Waals surface area contributed by atoms with Gasteiger partial charge >= 0.3 is 0 Å². The third kappa shape index (κ3) is 36.0. The van der Waals surface area contributed by atoms with Crippen LogP contribution in [0, 0.1) is 5.92 Å². The zero-order valence-corrected chi connectivity index (χ0v) is 14.5. The minimum atomic E-state index is -0.785. The first kappa shape index (κ1) is 27.6. The molecule has 0 spiro atoms. The van der Waals surface area contributed by atoms with E-state index in [0.29, 0.717) is 6.29 Å². The van der Waals surface area contributed by atoms with E-state index < -0.39 is 12.1 Å². The minimum absolute atomic E-state index is 0.0616. The summed E-state index contributed by atoms with van der Waals surface area (Å²) in [5.74, 6) is 0.833. The first-order valence-corrected chi connectivity index (χ1v) is 7.41. The van der Waals surface area contributed by atoms with Crippen LogP contribution in [0.2, 0.25) is 0 Å². The molecule has 0 aliphatic heterocycles. The van der Waals surface area contributed by atoms with Gasteiger partial charge in [0.05, 0.1) is 18.8 Å². The number of nitrogens with one attached hydrogen (secondary N) is 1. The van der Waals surface area contributed by atoms with Gasteiger partial charge in [-0.05, 0) is 19.4 Å². The Morgan fingerprint density at radius 1 is 1.25 bits per heavy atom. The Morgan fingerprint density at radius 3 is 1.75 bits per heavy atom. The summed E-state index contributed by atoms with van der Waals surface area (Å²) in [6.07, 6.45) is 2.86.